The van der Waals surface area contributed by atoms with Gasteiger partial charge in [-0.05, 0) is 12.2 Å². The number of thioether (sulfide) groups is 1. The van der Waals surface area contributed by atoms with E-state index in [-0.39, 0.29) is 5.75 Å². The van der Waals surface area contributed by atoms with Crippen molar-refractivity contribution >= 4 is 11.8 Å². The Balaban J connectivity index is 3.17. The van der Waals surface area contributed by atoms with Crippen molar-refractivity contribution in [2.45, 2.75) is 70.6 Å². The third-order valence-corrected chi connectivity index (χ3v) is 3.92. The van der Waals surface area contributed by atoms with Crippen LogP contribution in [-0.4, -0.2) is 28.9 Å². The molecule has 0 aliphatic heterocycles. The predicted octanol–water partition coefficient (Wildman–Crippen LogP) is 4.78. The van der Waals surface area contributed by atoms with Gasteiger partial charge in [-0.2, -0.15) is 24.9 Å². The van der Waals surface area contributed by atoms with E-state index in [1.165, 1.54) is 50.3 Å². The van der Waals surface area contributed by atoms with Crippen LogP contribution >= 0.6 is 11.8 Å². The summed E-state index contributed by atoms with van der Waals surface area (Å²) in [5.74, 6) is 0.474. The molecule has 0 saturated heterocycles. The summed E-state index contributed by atoms with van der Waals surface area (Å²) in [4.78, 5) is 0. The van der Waals surface area contributed by atoms with Gasteiger partial charge in [0.1, 0.15) is 0 Å². The van der Waals surface area contributed by atoms with Crippen molar-refractivity contribution in [1.82, 2.24) is 0 Å². The zero-order chi connectivity index (χ0) is 13.9. The molecule has 1 atom stereocenters. The molecule has 0 saturated carbocycles. The van der Waals surface area contributed by atoms with Gasteiger partial charge in [0.2, 0.25) is 0 Å². The lowest BCUT2D eigenvalue weighted by Gasteiger charge is -2.13. The summed E-state index contributed by atoms with van der Waals surface area (Å²) < 4.78 is 35.9. The van der Waals surface area contributed by atoms with Crippen molar-refractivity contribution in [1.29, 1.82) is 0 Å². The van der Waals surface area contributed by atoms with Crippen LogP contribution in [0.15, 0.2) is 0 Å². The Labute approximate surface area is 113 Å². The maximum atomic E-state index is 12.0. The molecule has 0 unspecified atom stereocenters. The summed E-state index contributed by atoms with van der Waals surface area (Å²) in [5.41, 5.74) is 0. The Morgan fingerprint density at radius 3 is 1.94 bits per heavy atom. The molecule has 0 aliphatic carbocycles. The van der Waals surface area contributed by atoms with Crippen LogP contribution in [0, 0.1) is 0 Å². The van der Waals surface area contributed by atoms with E-state index in [2.05, 4.69) is 6.92 Å². The van der Waals surface area contributed by atoms with E-state index in [0.29, 0.717) is 5.75 Å². The van der Waals surface area contributed by atoms with Crippen LogP contribution in [0.25, 0.3) is 0 Å². The Kier molecular flexibility index (Phi) is 11.0. The van der Waals surface area contributed by atoms with Gasteiger partial charge in [0.05, 0.1) is 0 Å². The van der Waals surface area contributed by atoms with Gasteiger partial charge >= 0.3 is 6.18 Å². The number of halogens is 3. The fourth-order valence-corrected chi connectivity index (χ4v) is 2.61. The summed E-state index contributed by atoms with van der Waals surface area (Å²) in [7, 11) is 0. The van der Waals surface area contributed by atoms with Gasteiger partial charge in [0, 0.05) is 5.75 Å². The Bertz CT molecular complexity index is 186. The van der Waals surface area contributed by atoms with Crippen molar-refractivity contribution in [3.8, 4) is 0 Å². The number of aliphatic hydroxyl groups excluding tert-OH is 1. The molecule has 0 bridgehead atoms. The highest BCUT2D eigenvalue weighted by Gasteiger charge is 2.37. The smallest absolute Gasteiger partial charge is 0.383 e. The zero-order valence-corrected chi connectivity index (χ0v) is 12.0. The second-order valence-corrected chi connectivity index (χ2v) is 5.76. The van der Waals surface area contributed by atoms with Gasteiger partial charge < -0.3 is 5.11 Å². The molecule has 0 aromatic heterocycles. The molecule has 18 heavy (non-hydrogen) atoms. The van der Waals surface area contributed by atoms with Gasteiger partial charge in [-0.3, -0.25) is 0 Å². The minimum Gasteiger partial charge on any atom is -0.383 e. The van der Waals surface area contributed by atoms with E-state index < -0.39 is 12.3 Å². The first-order chi connectivity index (χ1) is 8.48. The van der Waals surface area contributed by atoms with Crippen LogP contribution < -0.4 is 0 Å². The van der Waals surface area contributed by atoms with Crippen molar-refractivity contribution < 1.29 is 18.3 Å². The van der Waals surface area contributed by atoms with E-state index in [9.17, 15) is 13.2 Å². The number of hydrogen-bond acceptors (Lipinski definition) is 2. The lowest BCUT2D eigenvalue weighted by molar-refractivity contribution is -0.195. The Morgan fingerprint density at radius 1 is 0.944 bits per heavy atom. The summed E-state index contributed by atoms with van der Waals surface area (Å²) in [5, 5.41) is 8.76. The fraction of sp³-hybridized carbons (Fsp3) is 1.00. The van der Waals surface area contributed by atoms with E-state index in [4.69, 9.17) is 5.11 Å². The SMILES string of the molecule is CCCCCCCCCCSC[C@H](O)C(F)(F)F. The Morgan fingerprint density at radius 2 is 1.44 bits per heavy atom. The standard InChI is InChI=1S/C13H25F3OS/c1-2-3-4-5-6-7-8-9-10-18-11-12(17)13(14,15)16/h12,17H,2-11H2,1H3/t12-/m0/s1. The quantitative estimate of drug-likeness (QED) is 0.551. The van der Waals surface area contributed by atoms with Gasteiger partial charge in [-0.1, -0.05) is 51.9 Å². The second-order valence-electron chi connectivity index (χ2n) is 4.61. The first kappa shape index (κ1) is 18.1. The topological polar surface area (TPSA) is 20.2 Å². The van der Waals surface area contributed by atoms with Crippen LogP contribution in [0.1, 0.15) is 58.3 Å². The highest BCUT2D eigenvalue weighted by Crippen LogP contribution is 2.23. The van der Waals surface area contributed by atoms with Crippen molar-refractivity contribution in [2.75, 3.05) is 11.5 Å². The highest BCUT2D eigenvalue weighted by atomic mass is 32.2. The van der Waals surface area contributed by atoms with Crippen LogP contribution in [0.2, 0.25) is 0 Å². The van der Waals surface area contributed by atoms with Gasteiger partial charge in [0.15, 0.2) is 6.10 Å². The first-order valence-corrected chi connectivity index (χ1v) is 7.96. The van der Waals surface area contributed by atoms with E-state index in [1.54, 1.807) is 0 Å². The van der Waals surface area contributed by atoms with E-state index in [1.807, 2.05) is 0 Å². The highest BCUT2D eigenvalue weighted by molar-refractivity contribution is 7.99. The van der Waals surface area contributed by atoms with Gasteiger partial charge in [0.25, 0.3) is 0 Å². The average Bonchev–Trinajstić information content (AvgIpc) is 2.30. The molecule has 1 nitrogen and oxygen atoms in total. The zero-order valence-electron chi connectivity index (χ0n) is 11.1. The number of rotatable bonds is 11. The number of alkyl halides is 3. The lowest BCUT2D eigenvalue weighted by atomic mass is 10.1. The van der Waals surface area contributed by atoms with Crippen LogP contribution in [-0.2, 0) is 0 Å². The van der Waals surface area contributed by atoms with E-state index in [0.717, 1.165) is 12.8 Å². The summed E-state index contributed by atoms with van der Waals surface area (Å²) in [6.07, 6.45) is 2.91. The van der Waals surface area contributed by atoms with Crippen molar-refractivity contribution in [3.63, 3.8) is 0 Å². The molecule has 0 heterocycles. The minimum atomic E-state index is -4.47. The summed E-state index contributed by atoms with van der Waals surface area (Å²) in [6.45, 7) is 2.19. The van der Waals surface area contributed by atoms with E-state index >= 15 is 0 Å². The second kappa shape index (κ2) is 11.0. The first-order valence-electron chi connectivity index (χ1n) is 6.81. The average molecular weight is 286 g/mol. The van der Waals surface area contributed by atoms with Crippen LogP contribution in [0.5, 0.6) is 0 Å². The molecule has 0 aromatic rings. The fourth-order valence-electron chi connectivity index (χ4n) is 1.63. The van der Waals surface area contributed by atoms with Gasteiger partial charge in [-0.15, -0.1) is 0 Å². The van der Waals surface area contributed by atoms with Crippen molar-refractivity contribution in [2.24, 2.45) is 0 Å². The third-order valence-electron chi connectivity index (χ3n) is 2.80. The molecule has 0 aliphatic rings. The summed E-state index contributed by atoms with van der Waals surface area (Å²) in [6, 6.07) is 0. The monoisotopic (exact) mass is 286 g/mol. The number of unbranched alkanes of at least 4 members (excludes halogenated alkanes) is 7. The normalized spacial score (nSPS) is 13.8. The molecule has 0 fully saturated rings. The maximum absolute atomic E-state index is 12.0. The lowest BCUT2D eigenvalue weighted by Crippen LogP contribution is -2.30. The number of aliphatic hydroxyl groups is 1. The molecule has 0 aromatic carbocycles. The molecular weight excluding hydrogens is 261 g/mol. The summed E-state index contributed by atoms with van der Waals surface area (Å²) >= 11 is 1.19. The molecule has 0 amide bonds. The molecular formula is C13H25F3OS. The molecule has 0 spiro atoms. The van der Waals surface area contributed by atoms with Crippen LogP contribution in [0.4, 0.5) is 13.2 Å². The molecule has 0 radical (unpaired) electrons. The molecule has 0 rings (SSSR count). The molecule has 5 heteroatoms. The molecule has 110 valence electrons. The number of hydrogen-bond donors (Lipinski definition) is 1. The van der Waals surface area contributed by atoms with Crippen molar-refractivity contribution in [3.05, 3.63) is 0 Å². The van der Waals surface area contributed by atoms with Gasteiger partial charge in [-0.25, -0.2) is 0 Å². The van der Waals surface area contributed by atoms with Crippen LogP contribution in [0.3, 0.4) is 0 Å². The Hall–Kier alpha value is 0.100. The maximum Gasteiger partial charge on any atom is 0.415 e. The third kappa shape index (κ3) is 11.2. The predicted molar refractivity (Wildman–Crippen MR) is 72.0 cm³/mol. The largest absolute Gasteiger partial charge is 0.415 e. The molecule has 1 N–H and O–H groups in total. The minimum absolute atomic E-state index is 0.236.